The van der Waals surface area contributed by atoms with Crippen molar-refractivity contribution in [3.8, 4) is 0 Å². The minimum atomic E-state index is 0.325. The lowest BCUT2D eigenvalue weighted by molar-refractivity contribution is 0.357. The van der Waals surface area contributed by atoms with Gasteiger partial charge in [0.25, 0.3) is 0 Å². The summed E-state index contributed by atoms with van der Waals surface area (Å²) in [7, 11) is 0. The van der Waals surface area contributed by atoms with Gasteiger partial charge in [0.15, 0.2) is 0 Å². The van der Waals surface area contributed by atoms with E-state index in [0.717, 1.165) is 17.6 Å². The second-order valence-corrected chi connectivity index (χ2v) is 5.57. The summed E-state index contributed by atoms with van der Waals surface area (Å²) in [6.45, 7) is 2.29. The molecular formula is C15H19N3. The van der Waals surface area contributed by atoms with Crippen LogP contribution in [0.15, 0.2) is 36.4 Å². The summed E-state index contributed by atoms with van der Waals surface area (Å²) >= 11 is 0. The molecule has 1 saturated carbocycles. The number of rotatable bonds is 4. The Balaban J connectivity index is 1.85. The fourth-order valence-electron chi connectivity index (χ4n) is 2.48. The molecule has 0 spiro atoms. The first-order valence-corrected chi connectivity index (χ1v) is 6.52. The average molecular weight is 241 g/mol. The first-order chi connectivity index (χ1) is 8.71. The van der Waals surface area contributed by atoms with Crippen LogP contribution >= 0.6 is 0 Å². The summed E-state index contributed by atoms with van der Waals surface area (Å²) in [4.78, 5) is 4.71. The van der Waals surface area contributed by atoms with Gasteiger partial charge in [0, 0.05) is 23.5 Å². The van der Waals surface area contributed by atoms with E-state index in [2.05, 4.69) is 36.6 Å². The third kappa shape index (κ3) is 2.11. The number of benzene rings is 1. The maximum Gasteiger partial charge on any atom is 0.0705 e. The molecule has 0 saturated heterocycles. The Morgan fingerprint density at radius 2 is 2.06 bits per heavy atom. The monoisotopic (exact) mass is 241 g/mol. The lowest BCUT2D eigenvalue weighted by Gasteiger charge is -2.22. The fourth-order valence-corrected chi connectivity index (χ4v) is 2.48. The lowest BCUT2D eigenvalue weighted by atomic mass is 9.95. The van der Waals surface area contributed by atoms with E-state index in [9.17, 15) is 0 Å². The number of pyridine rings is 1. The molecule has 1 fully saturated rings. The molecule has 2 aromatic rings. The number of aromatic nitrogens is 1. The van der Waals surface area contributed by atoms with Gasteiger partial charge in [-0.25, -0.2) is 0 Å². The van der Waals surface area contributed by atoms with Crippen molar-refractivity contribution in [2.24, 2.45) is 11.3 Å². The van der Waals surface area contributed by atoms with E-state index >= 15 is 0 Å². The maximum atomic E-state index is 5.68. The summed E-state index contributed by atoms with van der Waals surface area (Å²) in [5.74, 6) is 5.68. The molecule has 1 aromatic heterocycles. The zero-order chi connectivity index (χ0) is 12.6. The number of nitrogens with two attached hydrogens (primary N) is 1. The van der Waals surface area contributed by atoms with Crippen molar-refractivity contribution in [3.63, 3.8) is 0 Å². The van der Waals surface area contributed by atoms with Crippen molar-refractivity contribution in [2.45, 2.75) is 32.2 Å². The third-order valence-corrected chi connectivity index (χ3v) is 4.15. The van der Waals surface area contributed by atoms with Gasteiger partial charge in [0.2, 0.25) is 0 Å². The molecule has 1 atom stereocenters. The summed E-state index contributed by atoms with van der Waals surface area (Å²) in [5.41, 5.74) is 5.50. The molecule has 0 bridgehead atoms. The fraction of sp³-hybridized carbons (Fsp3) is 0.400. The predicted molar refractivity (Wildman–Crippen MR) is 73.9 cm³/mol. The van der Waals surface area contributed by atoms with E-state index in [-0.39, 0.29) is 0 Å². The first-order valence-electron chi connectivity index (χ1n) is 6.52. The first kappa shape index (κ1) is 11.6. The number of para-hydroxylation sites is 1. The topological polar surface area (TPSA) is 50.9 Å². The van der Waals surface area contributed by atoms with E-state index in [1.54, 1.807) is 0 Å². The standard InChI is InChI=1S/C15H19N3/c1-15(8-9-15)14(18-16)10-12-7-6-11-4-2-3-5-13(11)17-12/h2-7,14,18H,8-10,16H2,1H3. The van der Waals surface area contributed by atoms with Crippen LogP contribution in [-0.2, 0) is 6.42 Å². The summed E-state index contributed by atoms with van der Waals surface area (Å²) in [6, 6.07) is 12.8. The van der Waals surface area contributed by atoms with Crippen LogP contribution in [0.5, 0.6) is 0 Å². The van der Waals surface area contributed by atoms with Gasteiger partial charge in [-0.1, -0.05) is 31.2 Å². The van der Waals surface area contributed by atoms with Crippen molar-refractivity contribution in [2.75, 3.05) is 0 Å². The van der Waals surface area contributed by atoms with E-state index in [1.165, 1.54) is 18.2 Å². The second kappa shape index (κ2) is 4.34. The Morgan fingerprint density at radius 1 is 1.28 bits per heavy atom. The number of hydrogen-bond acceptors (Lipinski definition) is 3. The Hall–Kier alpha value is -1.45. The smallest absolute Gasteiger partial charge is 0.0705 e. The van der Waals surface area contributed by atoms with E-state index in [1.807, 2.05) is 12.1 Å². The van der Waals surface area contributed by atoms with Crippen molar-refractivity contribution in [1.82, 2.24) is 10.4 Å². The Kier molecular flexibility index (Phi) is 2.80. The molecule has 1 aromatic carbocycles. The Bertz CT molecular complexity index is 560. The largest absolute Gasteiger partial charge is 0.271 e. The minimum absolute atomic E-state index is 0.325. The van der Waals surface area contributed by atoms with Gasteiger partial charge in [-0.15, -0.1) is 0 Å². The summed E-state index contributed by atoms with van der Waals surface area (Å²) < 4.78 is 0. The molecule has 1 heterocycles. The Labute approximate surface area is 107 Å². The Morgan fingerprint density at radius 3 is 2.78 bits per heavy atom. The zero-order valence-corrected chi connectivity index (χ0v) is 10.7. The molecule has 3 N–H and O–H groups in total. The van der Waals surface area contributed by atoms with Gasteiger partial charge in [-0.2, -0.15) is 0 Å². The van der Waals surface area contributed by atoms with Crippen LogP contribution in [0.1, 0.15) is 25.5 Å². The van der Waals surface area contributed by atoms with Gasteiger partial charge in [0.05, 0.1) is 5.52 Å². The van der Waals surface area contributed by atoms with Gasteiger partial charge in [0.1, 0.15) is 0 Å². The normalized spacial score (nSPS) is 18.8. The lowest BCUT2D eigenvalue weighted by Crippen LogP contribution is -2.42. The van der Waals surface area contributed by atoms with Crippen molar-refractivity contribution >= 4 is 10.9 Å². The van der Waals surface area contributed by atoms with Gasteiger partial charge in [-0.3, -0.25) is 16.3 Å². The van der Waals surface area contributed by atoms with Crippen molar-refractivity contribution in [1.29, 1.82) is 0 Å². The highest BCUT2D eigenvalue weighted by Gasteiger charge is 2.44. The van der Waals surface area contributed by atoms with Crippen LogP contribution in [0.25, 0.3) is 10.9 Å². The van der Waals surface area contributed by atoms with E-state index in [4.69, 9.17) is 10.8 Å². The molecule has 0 aliphatic heterocycles. The molecule has 3 heteroatoms. The number of nitrogens with zero attached hydrogens (tertiary/aromatic N) is 1. The molecule has 1 unspecified atom stereocenters. The van der Waals surface area contributed by atoms with Crippen LogP contribution in [-0.4, -0.2) is 11.0 Å². The summed E-state index contributed by atoms with van der Waals surface area (Å²) in [6.07, 6.45) is 3.42. The van der Waals surface area contributed by atoms with Crippen LogP contribution in [0.2, 0.25) is 0 Å². The maximum absolute atomic E-state index is 5.68. The molecule has 3 rings (SSSR count). The summed E-state index contributed by atoms with van der Waals surface area (Å²) in [5, 5.41) is 1.19. The molecule has 94 valence electrons. The predicted octanol–water partition coefficient (Wildman–Crippen LogP) is 2.41. The minimum Gasteiger partial charge on any atom is -0.271 e. The van der Waals surface area contributed by atoms with Crippen LogP contribution in [0, 0.1) is 5.41 Å². The molecule has 1 aliphatic carbocycles. The van der Waals surface area contributed by atoms with Gasteiger partial charge >= 0.3 is 0 Å². The second-order valence-electron chi connectivity index (χ2n) is 5.57. The molecule has 3 nitrogen and oxygen atoms in total. The number of hydrogen-bond donors (Lipinski definition) is 2. The highest BCUT2D eigenvalue weighted by atomic mass is 15.2. The highest BCUT2D eigenvalue weighted by molar-refractivity contribution is 5.78. The zero-order valence-electron chi connectivity index (χ0n) is 10.7. The number of nitrogens with one attached hydrogen (secondary N) is 1. The SMILES string of the molecule is CC1(C(Cc2ccc3ccccc3n2)NN)CC1. The quantitative estimate of drug-likeness (QED) is 0.638. The molecule has 18 heavy (non-hydrogen) atoms. The van der Waals surface area contributed by atoms with Crippen LogP contribution in [0.3, 0.4) is 0 Å². The van der Waals surface area contributed by atoms with Crippen molar-refractivity contribution < 1.29 is 0 Å². The average Bonchev–Trinajstić information content (AvgIpc) is 3.15. The van der Waals surface area contributed by atoms with Crippen LogP contribution in [0.4, 0.5) is 0 Å². The number of fused-ring (bicyclic) bond motifs is 1. The van der Waals surface area contributed by atoms with E-state index < -0.39 is 0 Å². The van der Waals surface area contributed by atoms with E-state index in [0.29, 0.717) is 11.5 Å². The van der Waals surface area contributed by atoms with Gasteiger partial charge < -0.3 is 0 Å². The third-order valence-electron chi connectivity index (χ3n) is 4.15. The highest BCUT2D eigenvalue weighted by Crippen LogP contribution is 2.48. The molecular weight excluding hydrogens is 222 g/mol. The molecule has 0 amide bonds. The molecule has 1 aliphatic rings. The number of hydrazine groups is 1. The molecule has 0 radical (unpaired) electrons. The van der Waals surface area contributed by atoms with Crippen LogP contribution < -0.4 is 11.3 Å². The van der Waals surface area contributed by atoms with Gasteiger partial charge in [-0.05, 0) is 30.4 Å². The van der Waals surface area contributed by atoms with Crippen molar-refractivity contribution in [3.05, 3.63) is 42.1 Å².